The molecule has 3 nitrogen and oxygen atoms in total. The lowest BCUT2D eigenvalue weighted by atomic mass is 10.2. The van der Waals surface area contributed by atoms with Crippen molar-refractivity contribution >= 4 is 17.2 Å². The van der Waals surface area contributed by atoms with Crippen LogP contribution in [0.2, 0.25) is 0 Å². The van der Waals surface area contributed by atoms with Crippen LogP contribution < -0.4 is 0 Å². The molecule has 0 amide bonds. The van der Waals surface area contributed by atoms with Gasteiger partial charge in [-0.2, -0.15) is 5.10 Å². The fourth-order valence-corrected chi connectivity index (χ4v) is 2.06. The van der Waals surface area contributed by atoms with Gasteiger partial charge in [-0.05, 0) is 23.8 Å². The lowest BCUT2D eigenvalue weighted by molar-refractivity contribution is 0.112. The highest BCUT2D eigenvalue weighted by atomic mass is 16.1. The molecule has 3 rings (SSSR count). The topological polar surface area (TPSA) is 34.9 Å². The van der Waals surface area contributed by atoms with E-state index in [1.807, 2.05) is 41.1 Å². The van der Waals surface area contributed by atoms with E-state index in [-0.39, 0.29) is 0 Å². The van der Waals surface area contributed by atoms with Crippen molar-refractivity contribution in [2.75, 3.05) is 0 Å². The number of benzene rings is 2. The lowest BCUT2D eigenvalue weighted by Gasteiger charge is -2.03. The van der Waals surface area contributed by atoms with Crippen molar-refractivity contribution in [2.45, 2.75) is 6.54 Å². The van der Waals surface area contributed by atoms with E-state index in [9.17, 15) is 4.79 Å². The zero-order valence-corrected chi connectivity index (χ0v) is 9.78. The first-order chi connectivity index (χ1) is 8.86. The van der Waals surface area contributed by atoms with Crippen LogP contribution in [0.1, 0.15) is 15.9 Å². The summed E-state index contributed by atoms with van der Waals surface area (Å²) in [6.07, 6.45) is 2.65. The van der Waals surface area contributed by atoms with E-state index in [1.165, 1.54) is 5.56 Å². The van der Waals surface area contributed by atoms with Crippen molar-refractivity contribution in [3.63, 3.8) is 0 Å². The van der Waals surface area contributed by atoms with Crippen molar-refractivity contribution in [2.24, 2.45) is 0 Å². The normalized spacial score (nSPS) is 10.7. The summed E-state index contributed by atoms with van der Waals surface area (Å²) in [5.41, 5.74) is 2.94. The first-order valence-electron chi connectivity index (χ1n) is 5.81. The Kier molecular flexibility index (Phi) is 2.65. The lowest BCUT2D eigenvalue weighted by Crippen LogP contribution is -2.00. The van der Waals surface area contributed by atoms with E-state index >= 15 is 0 Å². The van der Waals surface area contributed by atoms with Gasteiger partial charge in [-0.15, -0.1) is 0 Å². The number of carbonyl (C=O) groups excluding carboxylic acids is 1. The van der Waals surface area contributed by atoms with E-state index in [0.29, 0.717) is 5.56 Å². The van der Waals surface area contributed by atoms with Gasteiger partial charge in [0.25, 0.3) is 0 Å². The molecule has 0 N–H and O–H groups in total. The molecule has 0 atom stereocenters. The van der Waals surface area contributed by atoms with Crippen LogP contribution in [0.5, 0.6) is 0 Å². The number of aldehydes is 1. The molecule has 3 heteroatoms. The average Bonchev–Trinajstić information content (AvgIpc) is 2.82. The third-order valence-electron chi connectivity index (χ3n) is 2.98. The van der Waals surface area contributed by atoms with Gasteiger partial charge in [0.15, 0.2) is 0 Å². The highest BCUT2D eigenvalue weighted by Gasteiger charge is 2.03. The zero-order valence-electron chi connectivity index (χ0n) is 9.78. The summed E-state index contributed by atoms with van der Waals surface area (Å²) in [5, 5.41) is 5.36. The van der Waals surface area contributed by atoms with Crippen molar-refractivity contribution in [1.29, 1.82) is 0 Å². The van der Waals surface area contributed by atoms with Gasteiger partial charge < -0.3 is 0 Å². The Morgan fingerprint density at radius 2 is 1.94 bits per heavy atom. The van der Waals surface area contributed by atoms with Gasteiger partial charge in [0, 0.05) is 10.9 Å². The zero-order chi connectivity index (χ0) is 12.4. The van der Waals surface area contributed by atoms with E-state index < -0.39 is 0 Å². The second kappa shape index (κ2) is 4.45. The Hall–Kier alpha value is -2.42. The van der Waals surface area contributed by atoms with E-state index in [1.54, 1.807) is 6.20 Å². The summed E-state index contributed by atoms with van der Waals surface area (Å²) in [4.78, 5) is 10.7. The number of carbonyl (C=O) groups is 1. The first kappa shape index (κ1) is 10.7. The molecule has 88 valence electrons. The maximum atomic E-state index is 10.7. The molecule has 0 unspecified atom stereocenters. The van der Waals surface area contributed by atoms with E-state index in [4.69, 9.17) is 0 Å². The molecule has 3 aromatic rings. The Labute approximate surface area is 105 Å². The summed E-state index contributed by atoms with van der Waals surface area (Å²) in [6, 6.07) is 15.8. The number of hydrogen-bond acceptors (Lipinski definition) is 2. The van der Waals surface area contributed by atoms with Gasteiger partial charge >= 0.3 is 0 Å². The minimum Gasteiger partial charge on any atom is -0.298 e. The van der Waals surface area contributed by atoms with Crippen molar-refractivity contribution in [3.05, 3.63) is 65.9 Å². The number of nitrogens with zero attached hydrogens (tertiary/aromatic N) is 2. The molecule has 0 aliphatic heterocycles. The molecule has 2 aromatic carbocycles. The number of rotatable bonds is 3. The van der Waals surface area contributed by atoms with Crippen LogP contribution in [0.4, 0.5) is 0 Å². The van der Waals surface area contributed by atoms with Crippen LogP contribution >= 0.6 is 0 Å². The Bertz CT molecular complexity index is 686. The molecule has 0 radical (unpaired) electrons. The third-order valence-corrected chi connectivity index (χ3v) is 2.98. The molecule has 0 aliphatic rings. The number of hydrogen-bond donors (Lipinski definition) is 0. The molecule has 0 fully saturated rings. The van der Waals surface area contributed by atoms with E-state index in [2.05, 4.69) is 17.2 Å². The number of aromatic nitrogens is 2. The maximum Gasteiger partial charge on any atom is 0.150 e. The Balaban J connectivity index is 2.00. The average molecular weight is 236 g/mol. The molecule has 0 aliphatic carbocycles. The van der Waals surface area contributed by atoms with Crippen LogP contribution in [-0.2, 0) is 6.54 Å². The molecule has 0 bridgehead atoms. The van der Waals surface area contributed by atoms with E-state index in [0.717, 1.165) is 23.7 Å². The van der Waals surface area contributed by atoms with Crippen molar-refractivity contribution < 1.29 is 4.79 Å². The molecule has 1 heterocycles. The second-order valence-corrected chi connectivity index (χ2v) is 4.22. The largest absolute Gasteiger partial charge is 0.298 e. The van der Waals surface area contributed by atoms with Gasteiger partial charge in [0.1, 0.15) is 6.29 Å². The molecular weight excluding hydrogens is 224 g/mol. The predicted molar refractivity (Wildman–Crippen MR) is 70.7 cm³/mol. The summed E-state index contributed by atoms with van der Waals surface area (Å²) >= 11 is 0. The van der Waals surface area contributed by atoms with Crippen LogP contribution in [-0.4, -0.2) is 16.1 Å². The molecule has 1 aromatic heterocycles. The van der Waals surface area contributed by atoms with Gasteiger partial charge in [-0.3, -0.25) is 9.48 Å². The Morgan fingerprint density at radius 3 is 2.72 bits per heavy atom. The van der Waals surface area contributed by atoms with Crippen LogP contribution in [0, 0.1) is 0 Å². The standard InChI is InChI=1S/C15H12N2O/c18-11-13-6-7-15-14(8-13)9-16-17(15)10-12-4-2-1-3-5-12/h1-9,11H,10H2. The van der Waals surface area contributed by atoms with Gasteiger partial charge in [0.2, 0.25) is 0 Å². The summed E-state index contributed by atoms with van der Waals surface area (Å²) < 4.78 is 1.94. The minimum absolute atomic E-state index is 0.682. The van der Waals surface area contributed by atoms with Crippen LogP contribution in [0.25, 0.3) is 10.9 Å². The van der Waals surface area contributed by atoms with Crippen molar-refractivity contribution in [3.8, 4) is 0 Å². The summed E-state index contributed by atoms with van der Waals surface area (Å²) in [7, 11) is 0. The monoisotopic (exact) mass is 236 g/mol. The van der Waals surface area contributed by atoms with Gasteiger partial charge in [-0.1, -0.05) is 30.3 Å². The van der Waals surface area contributed by atoms with Crippen LogP contribution in [0.3, 0.4) is 0 Å². The smallest absolute Gasteiger partial charge is 0.150 e. The molecule has 18 heavy (non-hydrogen) atoms. The highest BCUT2D eigenvalue weighted by molar-refractivity contribution is 5.86. The SMILES string of the molecule is O=Cc1ccc2c(cnn2Cc2ccccc2)c1. The summed E-state index contributed by atoms with van der Waals surface area (Å²) in [6.45, 7) is 0.741. The maximum absolute atomic E-state index is 10.7. The summed E-state index contributed by atoms with van der Waals surface area (Å²) in [5.74, 6) is 0. The predicted octanol–water partition coefficient (Wildman–Crippen LogP) is 2.90. The molecular formula is C15H12N2O. The second-order valence-electron chi connectivity index (χ2n) is 4.22. The van der Waals surface area contributed by atoms with Gasteiger partial charge in [-0.25, -0.2) is 0 Å². The first-order valence-corrected chi connectivity index (χ1v) is 5.81. The third kappa shape index (κ3) is 1.91. The highest BCUT2D eigenvalue weighted by Crippen LogP contribution is 2.16. The number of fused-ring (bicyclic) bond motifs is 1. The molecule has 0 saturated heterocycles. The quantitative estimate of drug-likeness (QED) is 0.655. The van der Waals surface area contributed by atoms with Crippen molar-refractivity contribution in [1.82, 2.24) is 9.78 Å². The fourth-order valence-electron chi connectivity index (χ4n) is 2.06. The Morgan fingerprint density at radius 1 is 1.11 bits per heavy atom. The van der Waals surface area contributed by atoms with Crippen LogP contribution in [0.15, 0.2) is 54.7 Å². The minimum atomic E-state index is 0.682. The molecule has 0 saturated carbocycles. The molecule has 0 spiro atoms. The fraction of sp³-hybridized carbons (Fsp3) is 0.0667. The van der Waals surface area contributed by atoms with Gasteiger partial charge in [0.05, 0.1) is 18.3 Å².